The van der Waals surface area contributed by atoms with Crippen LogP contribution >= 0.6 is 11.3 Å². The van der Waals surface area contributed by atoms with Crippen LogP contribution in [0.25, 0.3) is 10.7 Å². The molecule has 0 radical (unpaired) electrons. The first-order valence-corrected chi connectivity index (χ1v) is 5.68. The molecular weight excluding hydrogens is 206 g/mol. The molecule has 0 N–H and O–H groups in total. The summed E-state index contributed by atoms with van der Waals surface area (Å²) in [6.07, 6.45) is 5.10. The Bertz CT molecular complexity index is 442. The summed E-state index contributed by atoms with van der Waals surface area (Å²) < 4.78 is 0. The minimum Gasteiger partial charge on any atom is -0.261 e. The summed E-state index contributed by atoms with van der Waals surface area (Å²) in [5, 5.41) is 3.03. The first kappa shape index (κ1) is 10.2. The molecule has 0 atom stereocenters. The van der Waals surface area contributed by atoms with Gasteiger partial charge < -0.3 is 0 Å². The van der Waals surface area contributed by atoms with Gasteiger partial charge >= 0.3 is 0 Å². The Labute approximate surface area is 93.2 Å². The van der Waals surface area contributed by atoms with E-state index in [2.05, 4.69) is 41.1 Å². The summed E-state index contributed by atoms with van der Waals surface area (Å²) in [5.41, 5.74) is 2.04. The van der Waals surface area contributed by atoms with Crippen LogP contribution in [-0.4, -0.2) is 15.0 Å². The Kier molecular flexibility index (Phi) is 2.52. The molecule has 0 spiro atoms. The van der Waals surface area contributed by atoms with Gasteiger partial charge in [0.1, 0.15) is 10.7 Å². The van der Waals surface area contributed by atoms with Crippen molar-refractivity contribution in [1.29, 1.82) is 0 Å². The van der Waals surface area contributed by atoms with Crippen molar-refractivity contribution in [2.45, 2.75) is 26.2 Å². The zero-order chi connectivity index (χ0) is 10.9. The van der Waals surface area contributed by atoms with Gasteiger partial charge in [0.25, 0.3) is 0 Å². The number of hydrogen-bond acceptors (Lipinski definition) is 4. The van der Waals surface area contributed by atoms with Gasteiger partial charge in [-0.1, -0.05) is 20.8 Å². The van der Waals surface area contributed by atoms with Gasteiger partial charge in [-0.3, -0.25) is 9.97 Å². The highest BCUT2D eigenvalue weighted by molar-refractivity contribution is 7.13. The van der Waals surface area contributed by atoms with E-state index in [0.29, 0.717) is 0 Å². The van der Waals surface area contributed by atoms with E-state index in [4.69, 9.17) is 0 Å². The van der Waals surface area contributed by atoms with Crippen LogP contribution in [0.1, 0.15) is 26.5 Å². The Balaban J connectivity index is 2.37. The number of rotatable bonds is 1. The first-order valence-electron chi connectivity index (χ1n) is 4.80. The lowest BCUT2D eigenvalue weighted by Crippen LogP contribution is -2.11. The van der Waals surface area contributed by atoms with Crippen molar-refractivity contribution in [3.63, 3.8) is 0 Å². The van der Waals surface area contributed by atoms with Gasteiger partial charge in [-0.05, 0) is 0 Å². The van der Waals surface area contributed by atoms with E-state index in [0.717, 1.165) is 16.4 Å². The highest BCUT2D eigenvalue weighted by Crippen LogP contribution is 2.28. The molecule has 15 heavy (non-hydrogen) atoms. The van der Waals surface area contributed by atoms with Crippen molar-refractivity contribution in [1.82, 2.24) is 15.0 Å². The number of nitrogens with zero attached hydrogens (tertiary/aromatic N) is 3. The molecule has 0 bridgehead atoms. The van der Waals surface area contributed by atoms with Gasteiger partial charge in [-0.15, -0.1) is 11.3 Å². The minimum absolute atomic E-state index is 0.0942. The lowest BCUT2D eigenvalue weighted by Gasteiger charge is -2.14. The van der Waals surface area contributed by atoms with Crippen LogP contribution < -0.4 is 0 Å². The van der Waals surface area contributed by atoms with Crippen molar-refractivity contribution >= 4 is 11.3 Å². The van der Waals surface area contributed by atoms with Crippen LogP contribution in [-0.2, 0) is 5.41 Å². The van der Waals surface area contributed by atoms with E-state index in [9.17, 15) is 0 Å². The summed E-state index contributed by atoms with van der Waals surface area (Å²) in [7, 11) is 0. The average molecular weight is 219 g/mol. The maximum absolute atomic E-state index is 4.57. The van der Waals surface area contributed by atoms with Crippen LogP contribution in [0.4, 0.5) is 0 Å². The van der Waals surface area contributed by atoms with Crippen LogP contribution in [0.5, 0.6) is 0 Å². The van der Waals surface area contributed by atoms with E-state index in [-0.39, 0.29) is 5.41 Å². The lowest BCUT2D eigenvalue weighted by atomic mass is 9.93. The van der Waals surface area contributed by atoms with E-state index in [1.165, 1.54) is 0 Å². The van der Waals surface area contributed by atoms with Crippen LogP contribution in [0.3, 0.4) is 0 Å². The van der Waals surface area contributed by atoms with E-state index >= 15 is 0 Å². The molecule has 0 aliphatic heterocycles. The molecular formula is C11H13N3S. The molecule has 2 aromatic heterocycles. The molecule has 2 rings (SSSR count). The second-order valence-corrected chi connectivity index (χ2v) is 5.24. The quantitative estimate of drug-likeness (QED) is 0.740. The fourth-order valence-corrected chi connectivity index (χ4v) is 2.15. The molecule has 3 nitrogen and oxygen atoms in total. The summed E-state index contributed by atoms with van der Waals surface area (Å²) >= 11 is 1.62. The number of aromatic nitrogens is 3. The van der Waals surface area contributed by atoms with Gasteiger partial charge in [0.05, 0.1) is 11.9 Å². The Morgan fingerprint density at radius 1 is 1.20 bits per heavy atom. The van der Waals surface area contributed by atoms with Crippen LogP contribution in [0.2, 0.25) is 0 Å². The zero-order valence-corrected chi connectivity index (χ0v) is 9.88. The highest BCUT2D eigenvalue weighted by atomic mass is 32.1. The Hall–Kier alpha value is -1.29. The van der Waals surface area contributed by atoms with Crippen molar-refractivity contribution in [2.24, 2.45) is 0 Å². The monoisotopic (exact) mass is 219 g/mol. The molecule has 0 aromatic carbocycles. The van der Waals surface area contributed by atoms with Crippen molar-refractivity contribution in [3.05, 3.63) is 29.7 Å². The van der Waals surface area contributed by atoms with Gasteiger partial charge in [0, 0.05) is 23.2 Å². The molecule has 0 aliphatic rings. The average Bonchev–Trinajstić information content (AvgIpc) is 2.67. The summed E-state index contributed by atoms with van der Waals surface area (Å²) in [6, 6.07) is 0. The first-order chi connectivity index (χ1) is 7.07. The third-order valence-electron chi connectivity index (χ3n) is 2.05. The minimum atomic E-state index is 0.0942. The lowest BCUT2D eigenvalue weighted by molar-refractivity contribution is 0.573. The van der Waals surface area contributed by atoms with Gasteiger partial charge in [-0.25, -0.2) is 4.98 Å². The van der Waals surface area contributed by atoms with Crippen molar-refractivity contribution in [2.75, 3.05) is 0 Å². The molecule has 0 aliphatic carbocycles. The smallest absolute Gasteiger partial charge is 0.143 e. The molecule has 4 heteroatoms. The summed E-state index contributed by atoms with van der Waals surface area (Å²) in [4.78, 5) is 12.8. The van der Waals surface area contributed by atoms with Gasteiger partial charge in [0.2, 0.25) is 0 Å². The van der Waals surface area contributed by atoms with E-state index in [1.54, 1.807) is 29.9 Å². The van der Waals surface area contributed by atoms with Gasteiger partial charge in [-0.2, -0.15) is 0 Å². The molecule has 0 saturated carbocycles. The molecule has 0 fully saturated rings. The van der Waals surface area contributed by atoms with E-state index in [1.807, 2.05) is 0 Å². The van der Waals surface area contributed by atoms with Crippen LogP contribution in [0.15, 0.2) is 24.0 Å². The maximum Gasteiger partial charge on any atom is 0.143 e. The second-order valence-electron chi connectivity index (χ2n) is 4.38. The van der Waals surface area contributed by atoms with Crippen molar-refractivity contribution < 1.29 is 0 Å². The third kappa shape index (κ3) is 2.21. The molecule has 0 amide bonds. The van der Waals surface area contributed by atoms with E-state index < -0.39 is 0 Å². The summed E-state index contributed by atoms with van der Waals surface area (Å²) in [6.45, 7) is 6.47. The molecule has 0 unspecified atom stereocenters. The highest BCUT2D eigenvalue weighted by Gasteiger charge is 2.18. The molecule has 78 valence electrons. The summed E-state index contributed by atoms with van der Waals surface area (Å²) in [5.74, 6) is 0. The largest absolute Gasteiger partial charge is 0.261 e. The normalized spacial score (nSPS) is 11.7. The SMILES string of the molecule is CC(C)(C)c1csc(-c2cnccn2)n1. The predicted molar refractivity (Wildman–Crippen MR) is 61.8 cm³/mol. The standard InChI is InChI=1S/C11H13N3S/c1-11(2,3)9-7-15-10(14-9)8-6-12-4-5-13-8/h4-7H,1-3H3. The fraction of sp³-hybridized carbons (Fsp3) is 0.364. The third-order valence-corrected chi connectivity index (χ3v) is 2.92. The number of hydrogen-bond donors (Lipinski definition) is 0. The number of thiazole rings is 1. The van der Waals surface area contributed by atoms with Crippen LogP contribution in [0, 0.1) is 0 Å². The maximum atomic E-state index is 4.57. The van der Waals surface area contributed by atoms with Crippen molar-refractivity contribution in [3.8, 4) is 10.7 Å². The molecule has 0 saturated heterocycles. The molecule has 2 aromatic rings. The molecule has 2 heterocycles. The fourth-order valence-electron chi connectivity index (χ4n) is 1.15. The van der Waals surface area contributed by atoms with Gasteiger partial charge in [0.15, 0.2) is 0 Å². The predicted octanol–water partition coefficient (Wildman–Crippen LogP) is 2.90. The zero-order valence-electron chi connectivity index (χ0n) is 9.06. The Morgan fingerprint density at radius 2 is 2.00 bits per heavy atom. The second kappa shape index (κ2) is 3.70. The Morgan fingerprint density at radius 3 is 2.53 bits per heavy atom. The topological polar surface area (TPSA) is 38.7 Å².